The van der Waals surface area contributed by atoms with Crippen LogP contribution in [0.2, 0.25) is 5.02 Å². The number of rotatable bonds is 8. The van der Waals surface area contributed by atoms with Crippen molar-refractivity contribution in [3.05, 3.63) is 64.7 Å². The minimum atomic E-state index is 0.0274. The van der Waals surface area contributed by atoms with E-state index in [1.54, 1.807) is 7.11 Å². The fourth-order valence-corrected chi connectivity index (χ4v) is 2.54. The molecule has 0 aliphatic rings. The largest absolute Gasteiger partial charge is 0.496 e. The van der Waals surface area contributed by atoms with E-state index in [0.29, 0.717) is 6.61 Å². The summed E-state index contributed by atoms with van der Waals surface area (Å²) in [5, 5.41) is 0.741. The highest BCUT2D eigenvalue weighted by Crippen LogP contribution is 2.26. The summed E-state index contributed by atoms with van der Waals surface area (Å²) in [6, 6.07) is 15.8. The third kappa shape index (κ3) is 5.54. The van der Waals surface area contributed by atoms with Gasteiger partial charge in [-0.3, -0.25) is 0 Å². The van der Waals surface area contributed by atoms with Crippen LogP contribution >= 0.6 is 11.6 Å². The topological polar surface area (TPSA) is 21.7 Å². The maximum absolute atomic E-state index is 6.20. The predicted molar refractivity (Wildman–Crippen MR) is 95.1 cm³/mol. The number of ether oxygens (including phenoxy) is 2. The van der Waals surface area contributed by atoms with Crippen LogP contribution in [-0.2, 0) is 11.3 Å². The summed E-state index contributed by atoms with van der Waals surface area (Å²) in [5.41, 5.74) is 2.20. The molecule has 0 saturated carbocycles. The Balaban J connectivity index is 2.09. The summed E-state index contributed by atoms with van der Waals surface area (Å²) in [6.45, 7) is 1.48. The normalized spacial score (nSPS) is 12.4. The second-order valence-electron chi connectivity index (χ2n) is 5.75. The Hall–Kier alpha value is -1.55. The van der Waals surface area contributed by atoms with Crippen LogP contribution in [0.1, 0.15) is 23.7 Å². The number of nitrogens with zero attached hydrogens (tertiary/aromatic N) is 1. The first-order chi connectivity index (χ1) is 11.1. The minimum Gasteiger partial charge on any atom is -0.496 e. The van der Waals surface area contributed by atoms with Crippen LogP contribution in [0.5, 0.6) is 5.75 Å². The van der Waals surface area contributed by atoms with E-state index in [-0.39, 0.29) is 6.10 Å². The molecule has 0 aromatic heterocycles. The summed E-state index contributed by atoms with van der Waals surface area (Å²) in [6.07, 6.45) is 0.948. The quantitative estimate of drug-likeness (QED) is 0.707. The van der Waals surface area contributed by atoms with Gasteiger partial charge < -0.3 is 14.4 Å². The molecule has 23 heavy (non-hydrogen) atoms. The van der Waals surface area contributed by atoms with Crippen molar-refractivity contribution in [2.75, 3.05) is 27.7 Å². The van der Waals surface area contributed by atoms with Gasteiger partial charge in [0, 0.05) is 17.1 Å². The highest BCUT2D eigenvalue weighted by atomic mass is 35.5. The van der Waals surface area contributed by atoms with E-state index in [2.05, 4.69) is 19.0 Å². The molecule has 1 atom stereocenters. The lowest BCUT2D eigenvalue weighted by molar-refractivity contribution is 0.0286. The number of methoxy groups -OCH3 is 1. The fraction of sp³-hybridized carbons (Fsp3) is 0.368. The third-order valence-electron chi connectivity index (χ3n) is 3.71. The predicted octanol–water partition coefficient (Wildman–Crippen LogP) is 4.56. The summed E-state index contributed by atoms with van der Waals surface area (Å²) >= 11 is 5.99. The molecular weight excluding hydrogens is 310 g/mol. The number of halogens is 1. The molecule has 0 aliphatic heterocycles. The molecule has 0 fully saturated rings. The maximum atomic E-state index is 6.20. The molecule has 3 nitrogen and oxygen atoms in total. The molecule has 0 amide bonds. The Bertz CT molecular complexity index is 599. The van der Waals surface area contributed by atoms with Crippen molar-refractivity contribution in [3.8, 4) is 5.75 Å². The second-order valence-corrected chi connectivity index (χ2v) is 6.19. The van der Waals surface area contributed by atoms with Crippen molar-refractivity contribution in [2.45, 2.75) is 19.1 Å². The molecule has 2 rings (SSSR count). The van der Waals surface area contributed by atoms with Crippen LogP contribution in [0.15, 0.2) is 48.5 Å². The van der Waals surface area contributed by atoms with Gasteiger partial charge in [-0.2, -0.15) is 0 Å². The van der Waals surface area contributed by atoms with Gasteiger partial charge in [0.25, 0.3) is 0 Å². The van der Waals surface area contributed by atoms with Crippen molar-refractivity contribution >= 4 is 11.6 Å². The van der Waals surface area contributed by atoms with Crippen LogP contribution in [0.3, 0.4) is 0 Å². The molecule has 4 heteroatoms. The Labute approximate surface area is 143 Å². The first-order valence-electron chi connectivity index (χ1n) is 7.74. The number of para-hydroxylation sites is 1. The van der Waals surface area contributed by atoms with E-state index >= 15 is 0 Å². The molecule has 0 heterocycles. The molecule has 1 unspecified atom stereocenters. The molecule has 2 aromatic rings. The van der Waals surface area contributed by atoms with Crippen LogP contribution in [0.4, 0.5) is 0 Å². The highest BCUT2D eigenvalue weighted by molar-refractivity contribution is 6.30. The summed E-state index contributed by atoms with van der Waals surface area (Å²) in [7, 11) is 5.82. The van der Waals surface area contributed by atoms with E-state index in [1.165, 1.54) is 0 Å². The minimum absolute atomic E-state index is 0.0274. The van der Waals surface area contributed by atoms with Crippen molar-refractivity contribution in [3.63, 3.8) is 0 Å². The smallest absolute Gasteiger partial charge is 0.124 e. The molecule has 0 spiro atoms. The molecule has 0 radical (unpaired) electrons. The molecule has 0 N–H and O–H groups in total. The zero-order chi connectivity index (χ0) is 16.7. The van der Waals surface area contributed by atoms with Gasteiger partial charge in [0.05, 0.1) is 19.8 Å². The van der Waals surface area contributed by atoms with Gasteiger partial charge in [0.1, 0.15) is 5.75 Å². The first-order valence-corrected chi connectivity index (χ1v) is 8.11. The first kappa shape index (κ1) is 17.8. The van der Waals surface area contributed by atoms with E-state index in [0.717, 1.165) is 34.9 Å². The van der Waals surface area contributed by atoms with Crippen LogP contribution in [0.25, 0.3) is 0 Å². The van der Waals surface area contributed by atoms with Crippen molar-refractivity contribution in [1.82, 2.24) is 4.90 Å². The second kappa shape index (κ2) is 8.92. The molecule has 2 aromatic carbocycles. The number of hydrogen-bond acceptors (Lipinski definition) is 3. The van der Waals surface area contributed by atoms with Gasteiger partial charge in [-0.05, 0) is 44.3 Å². The Morgan fingerprint density at radius 3 is 2.39 bits per heavy atom. The van der Waals surface area contributed by atoms with Gasteiger partial charge in [-0.1, -0.05) is 41.9 Å². The average Bonchev–Trinajstić information content (AvgIpc) is 2.56. The van der Waals surface area contributed by atoms with Crippen LogP contribution in [0, 0.1) is 0 Å². The van der Waals surface area contributed by atoms with E-state index in [9.17, 15) is 0 Å². The molecular formula is C19H24ClNO2. The van der Waals surface area contributed by atoms with Gasteiger partial charge in [-0.15, -0.1) is 0 Å². The Morgan fingerprint density at radius 2 is 1.74 bits per heavy atom. The highest BCUT2D eigenvalue weighted by Gasteiger charge is 2.14. The van der Waals surface area contributed by atoms with Crippen LogP contribution < -0.4 is 4.74 Å². The Morgan fingerprint density at radius 1 is 1.04 bits per heavy atom. The lowest BCUT2D eigenvalue weighted by Crippen LogP contribution is -2.17. The monoisotopic (exact) mass is 333 g/mol. The van der Waals surface area contributed by atoms with Gasteiger partial charge in [0.2, 0.25) is 0 Å². The van der Waals surface area contributed by atoms with E-state index in [1.807, 2.05) is 48.5 Å². The van der Waals surface area contributed by atoms with E-state index < -0.39 is 0 Å². The lowest BCUT2D eigenvalue weighted by Gasteiger charge is -2.21. The maximum Gasteiger partial charge on any atom is 0.124 e. The standard InChI is InChI=1S/C19H24ClNO2/c1-21(2)13-12-19(15-8-10-17(20)11-9-15)23-14-16-6-4-5-7-18(16)22-3/h4-11,19H,12-14H2,1-3H3. The molecule has 124 valence electrons. The Kier molecular flexibility index (Phi) is 6.90. The zero-order valence-corrected chi connectivity index (χ0v) is 14.7. The molecule has 0 bridgehead atoms. The lowest BCUT2D eigenvalue weighted by atomic mass is 10.1. The zero-order valence-electron chi connectivity index (χ0n) is 14.0. The van der Waals surface area contributed by atoms with Crippen molar-refractivity contribution < 1.29 is 9.47 Å². The molecule has 0 saturated heterocycles. The fourth-order valence-electron chi connectivity index (χ4n) is 2.41. The third-order valence-corrected chi connectivity index (χ3v) is 3.96. The van der Waals surface area contributed by atoms with Gasteiger partial charge in [-0.25, -0.2) is 0 Å². The molecule has 0 aliphatic carbocycles. The van der Waals surface area contributed by atoms with Gasteiger partial charge >= 0.3 is 0 Å². The van der Waals surface area contributed by atoms with Crippen LogP contribution in [-0.4, -0.2) is 32.6 Å². The summed E-state index contributed by atoms with van der Waals surface area (Å²) in [4.78, 5) is 2.16. The SMILES string of the molecule is COc1ccccc1COC(CCN(C)C)c1ccc(Cl)cc1. The average molecular weight is 334 g/mol. The number of hydrogen-bond donors (Lipinski definition) is 0. The van der Waals surface area contributed by atoms with Crippen molar-refractivity contribution in [2.24, 2.45) is 0 Å². The van der Waals surface area contributed by atoms with E-state index in [4.69, 9.17) is 21.1 Å². The van der Waals surface area contributed by atoms with Gasteiger partial charge in [0.15, 0.2) is 0 Å². The summed E-state index contributed by atoms with van der Waals surface area (Å²) < 4.78 is 11.6. The number of benzene rings is 2. The summed E-state index contributed by atoms with van der Waals surface area (Å²) in [5.74, 6) is 0.856. The van der Waals surface area contributed by atoms with Crippen molar-refractivity contribution in [1.29, 1.82) is 0 Å².